The van der Waals surface area contributed by atoms with Crippen molar-refractivity contribution in [1.82, 2.24) is 4.57 Å². The molecule has 0 aromatic carbocycles. The molecule has 3 N–H and O–H groups in total. The Morgan fingerprint density at radius 3 is 2.82 bits per heavy atom. The molecule has 1 aromatic heterocycles. The van der Waals surface area contributed by atoms with Crippen LogP contribution in [0.1, 0.15) is 5.56 Å². The molecule has 0 atom stereocenters. The van der Waals surface area contributed by atoms with Crippen LogP contribution in [0, 0.1) is 0 Å². The van der Waals surface area contributed by atoms with Crippen LogP contribution in [0.15, 0.2) is 12.3 Å². The molecule has 0 aliphatic carbocycles. The van der Waals surface area contributed by atoms with Gasteiger partial charge >= 0.3 is 5.97 Å². The van der Waals surface area contributed by atoms with Crippen LogP contribution in [0.3, 0.4) is 0 Å². The van der Waals surface area contributed by atoms with Gasteiger partial charge in [0.05, 0.1) is 6.42 Å². The molecule has 60 valence electrons. The highest BCUT2D eigenvalue weighted by Crippen LogP contribution is 2.11. The zero-order valence-corrected chi connectivity index (χ0v) is 6.24. The smallest absolute Gasteiger partial charge is 0.307 e. The third-order valence-electron chi connectivity index (χ3n) is 1.55. The van der Waals surface area contributed by atoms with Crippen LogP contribution in [0.4, 0.5) is 5.82 Å². The largest absolute Gasteiger partial charge is 0.481 e. The molecule has 1 heterocycles. The van der Waals surface area contributed by atoms with Crippen molar-refractivity contribution >= 4 is 11.8 Å². The first-order valence-electron chi connectivity index (χ1n) is 3.22. The fraction of sp³-hybridized carbons (Fsp3) is 0.286. The minimum absolute atomic E-state index is 0.00727. The van der Waals surface area contributed by atoms with Crippen molar-refractivity contribution in [2.24, 2.45) is 7.05 Å². The first-order valence-corrected chi connectivity index (χ1v) is 3.22. The quantitative estimate of drug-likeness (QED) is 0.640. The molecule has 0 radical (unpaired) electrons. The summed E-state index contributed by atoms with van der Waals surface area (Å²) in [5.74, 6) is -0.338. The molecule has 0 saturated carbocycles. The highest BCUT2D eigenvalue weighted by Gasteiger charge is 2.06. The maximum absolute atomic E-state index is 10.3. The Labute approximate surface area is 64.2 Å². The van der Waals surface area contributed by atoms with Gasteiger partial charge in [0.1, 0.15) is 5.82 Å². The summed E-state index contributed by atoms with van der Waals surface area (Å²) in [4.78, 5) is 10.3. The summed E-state index contributed by atoms with van der Waals surface area (Å²) >= 11 is 0. The van der Waals surface area contributed by atoms with Crippen molar-refractivity contribution in [3.63, 3.8) is 0 Å². The number of anilines is 1. The van der Waals surface area contributed by atoms with E-state index in [2.05, 4.69) is 0 Å². The zero-order valence-electron chi connectivity index (χ0n) is 6.24. The van der Waals surface area contributed by atoms with Gasteiger partial charge in [-0.3, -0.25) is 4.79 Å². The lowest BCUT2D eigenvalue weighted by atomic mass is 10.2. The van der Waals surface area contributed by atoms with Gasteiger partial charge in [0.2, 0.25) is 0 Å². The summed E-state index contributed by atoms with van der Waals surface area (Å²) in [6.07, 6.45) is 1.74. The van der Waals surface area contributed by atoms with Gasteiger partial charge < -0.3 is 15.4 Å². The van der Waals surface area contributed by atoms with E-state index < -0.39 is 5.97 Å². The molecule has 4 nitrogen and oxygen atoms in total. The number of rotatable bonds is 2. The second-order valence-electron chi connectivity index (χ2n) is 2.41. The number of nitrogens with two attached hydrogens (primary N) is 1. The standard InChI is InChI=1S/C7H10N2O2/c1-9-3-2-5(7(9)8)4-6(10)11/h2-3H,4,8H2,1H3,(H,10,11). The monoisotopic (exact) mass is 154 g/mol. The van der Waals surface area contributed by atoms with E-state index in [1.54, 1.807) is 23.9 Å². The van der Waals surface area contributed by atoms with Crippen LogP contribution in [0.5, 0.6) is 0 Å². The summed E-state index contributed by atoms with van der Waals surface area (Å²) < 4.78 is 1.69. The lowest BCUT2D eigenvalue weighted by Crippen LogP contribution is -2.03. The van der Waals surface area contributed by atoms with Crippen LogP contribution in [-0.2, 0) is 18.3 Å². The number of carboxylic acid groups (broad SMARTS) is 1. The van der Waals surface area contributed by atoms with Crippen molar-refractivity contribution in [3.8, 4) is 0 Å². The minimum Gasteiger partial charge on any atom is -0.481 e. The molecule has 1 aromatic rings. The van der Waals surface area contributed by atoms with E-state index in [4.69, 9.17) is 10.8 Å². The maximum Gasteiger partial charge on any atom is 0.307 e. The van der Waals surface area contributed by atoms with E-state index >= 15 is 0 Å². The lowest BCUT2D eigenvalue weighted by molar-refractivity contribution is -0.136. The second kappa shape index (κ2) is 2.65. The van der Waals surface area contributed by atoms with Crippen LogP contribution >= 0.6 is 0 Å². The number of nitrogen functional groups attached to an aromatic ring is 1. The number of hydrogen-bond acceptors (Lipinski definition) is 2. The van der Waals surface area contributed by atoms with E-state index in [0.29, 0.717) is 11.4 Å². The van der Waals surface area contributed by atoms with Crippen LogP contribution < -0.4 is 5.73 Å². The summed E-state index contributed by atoms with van der Waals surface area (Å²) in [6, 6.07) is 1.71. The Morgan fingerprint density at radius 2 is 2.45 bits per heavy atom. The van der Waals surface area contributed by atoms with Crippen LogP contribution in [-0.4, -0.2) is 15.6 Å². The van der Waals surface area contributed by atoms with Gasteiger partial charge in [0.15, 0.2) is 0 Å². The van der Waals surface area contributed by atoms with Gasteiger partial charge in [-0.15, -0.1) is 0 Å². The molecule has 11 heavy (non-hydrogen) atoms. The van der Waals surface area contributed by atoms with E-state index in [1.165, 1.54) is 0 Å². The highest BCUT2D eigenvalue weighted by atomic mass is 16.4. The minimum atomic E-state index is -0.858. The topological polar surface area (TPSA) is 68.2 Å². The van der Waals surface area contributed by atoms with Crippen LogP contribution in [0.25, 0.3) is 0 Å². The van der Waals surface area contributed by atoms with E-state index in [9.17, 15) is 4.79 Å². The summed E-state index contributed by atoms with van der Waals surface area (Å²) in [7, 11) is 1.78. The molecule has 4 heteroatoms. The molecule has 0 saturated heterocycles. The Bertz CT molecular complexity index is 278. The lowest BCUT2D eigenvalue weighted by Gasteiger charge is -1.97. The van der Waals surface area contributed by atoms with Crippen LogP contribution in [0.2, 0.25) is 0 Å². The molecule has 1 rings (SSSR count). The molecule has 0 unspecified atom stereocenters. The Morgan fingerprint density at radius 1 is 1.82 bits per heavy atom. The SMILES string of the molecule is Cn1ccc(CC(=O)O)c1N. The molecular weight excluding hydrogens is 144 g/mol. The summed E-state index contributed by atoms with van der Waals surface area (Å²) in [5.41, 5.74) is 6.22. The van der Waals surface area contributed by atoms with Gasteiger partial charge in [-0.1, -0.05) is 0 Å². The zero-order chi connectivity index (χ0) is 8.43. The van der Waals surface area contributed by atoms with Gasteiger partial charge in [-0.05, 0) is 6.07 Å². The summed E-state index contributed by atoms with van der Waals surface area (Å²) in [6.45, 7) is 0. The highest BCUT2D eigenvalue weighted by molar-refractivity contribution is 5.72. The first-order chi connectivity index (χ1) is 5.11. The normalized spacial score (nSPS) is 9.91. The average molecular weight is 154 g/mol. The Kier molecular flexibility index (Phi) is 1.85. The molecule has 0 fully saturated rings. The number of carboxylic acids is 1. The van der Waals surface area contributed by atoms with Gasteiger partial charge in [-0.25, -0.2) is 0 Å². The predicted octanol–water partition coefficient (Wildman–Crippen LogP) is 0.234. The Hall–Kier alpha value is -1.45. The number of aromatic nitrogens is 1. The first kappa shape index (κ1) is 7.65. The second-order valence-corrected chi connectivity index (χ2v) is 2.41. The third-order valence-corrected chi connectivity index (χ3v) is 1.55. The van der Waals surface area contributed by atoms with Crippen molar-refractivity contribution < 1.29 is 9.90 Å². The summed E-state index contributed by atoms with van der Waals surface area (Å²) in [5, 5.41) is 8.44. The molecule has 0 bridgehead atoms. The van der Waals surface area contributed by atoms with E-state index in [1.807, 2.05) is 0 Å². The van der Waals surface area contributed by atoms with Crippen molar-refractivity contribution in [1.29, 1.82) is 0 Å². The van der Waals surface area contributed by atoms with Crippen molar-refractivity contribution in [2.75, 3.05) is 5.73 Å². The third kappa shape index (κ3) is 1.52. The fourth-order valence-corrected chi connectivity index (χ4v) is 0.906. The molecule has 0 amide bonds. The van der Waals surface area contributed by atoms with Crippen molar-refractivity contribution in [3.05, 3.63) is 17.8 Å². The fourth-order valence-electron chi connectivity index (χ4n) is 0.906. The molecular formula is C7H10N2O2. The predicted molar refractivity (Wildman–Crippen MR) is 41.2 cm³/mol. The number of aryl methyl sites for hydroxylation is 1. The number of hydrogen-bond donors (Lipinski definition) is 2. The molecule has 0 spiro atoms. The van der Waals surface area contributed by atoms with E-state index in [-0.39, 0.29) is 6.42 Å². The van der Waals surface area contributed by atoms with Gasteiger partial charge in [-0.2, -0.15) is 0 Å². The number of carbonyl (C=O) groups is 1. The van der Waals surface area contributed by atoms with E-state index in [0.717, 1.165) is 0 Å². The number of aliphatic carboxylic acids is 1. The maximum atomic E-state index is 10.3. The molecule has 0 aliphatic rings. The average Bonchev–Trinajstić information content (AvgIpc) is 2.18. The molecule has 0 aliphatic heterocycles. The Balaban J connectivity index is 2.87. The van der Waals surface area contributed by atoms with Gasteiger partial charge in [0.25, 0.3) is 0 Å². The number of nitrogens with zero attached hydrogens (tertiary/aromatic N) is 1. The van der Waals surface area contributed by atoms with Gasteiger partial charge in [0, 0.05) is 18.8 Å². The van der Waals surface area contributed by atoms with Crippen molar-refractivity contribution in [2.45, 2.75) is 6.42 Å².